The minimum absolute atomic E-state index is 0.0482. The third kappa shape index (κ3) is 4.00. The van der Waals surface area contributed by atoms with Crippen LogP contribution in [0.3, 0.4) is 0 Å². The largest absolute Gasteiger partial charge is 0.358 e. The summed E-state index contributed by atoms with van der Waals surface area (Å²) in [5.41, 5.74) is 0. The summed E-state index contributed by atoms with van der Waals surface area (Å²) in [5.74, 6) is 0.732. The molecule has 0 aromatic heterocycles. The van der Waals surface area contributed by atoms with Crippen molar-refractivity contribution < 1.29 is 9.59 Å². The van der Waals surface area contributed by atoms with Crippen LogP contribution in [0.2, 0.25) is 0 Å². The van der Waals surface area contributed by atoms with E-state index in [0.29, 0.717) is 5.92 Å². The summed E-state index contributed by atoms with van der Waals surface area (Å²) < 4.78 is 0. The van der Waals surface area contributed by atoms with E-state index in [-0.39, 0.29) is 23.9 Å². The van der Waals surface area contributed by atoms with Crippen molar-refractivity contribution in [1.29, 1.82) is 0 Å². The van der Waals surface area contributed by atoms with E-state index in [1.54, 1.807) is 7.05 Å². The number of likely N-dealkylation sites (tertiary alicyclic amines) is 2. The first-order valence-corrected chi connectivity index (χ1v) is 8.80. The highest BCUT2D eigenvalue weighted by atomic mass is 16.2. The molecule has 2 atom stereocenters. The topological polar surface area (TPSA) is 52.7 Å². The molecule has 2 rings (SSSR count). The number of piperidine rings is 1. The lowest BCUT2D eigenvalue weighted by atomic mass is 10.00. The van der Waals surface area contributed by atoms with Crippen LogP contribution in [-0.2, 0) is 9.59 Å². The van der Waals surface area contributed by atoms with Gasteiger partial charge in [0.15, 0.2) is 0 Å². The Kier molecular flexibility index (Phi) is 6.24. The van der Waals surface area contributed by atoms with Gasteiger partial charge in [0.05, 0.1) is 12.1 Å². The van der Waals surface area contributed by atoms with Crippen molar-refractivity contribution in [2.45, 2.75) is 64.5 Å². The first kappa shape index (κ1) is 17.3. The van der Waals surface area contributed by atoms with Crippen molar-refractivity contribution in [1.82, 2.24) is 15.1 Å². The maximum atomic E-state index is 12.9. The van der Waals surface area contributed by atoms with Crippen LogP contribution < -0.4 is 5.32 Å². The van der Waals surface area contributed by atoms with Gasteiger partial charge in [0.1, 0.15) is 0 Å². The molecule has 2 aliphatic rings. The minimum atomic E-state index is -0.175. The van der Waals surface area contributed by atoms with Gasteiger partial charge in [-0.05, 0) is 51.0 Å². The van der Waals surface area contributed by atoms with Gasteiger partial charge in [0, 0.05) is 20.1 Å². The average Bonchev–Trinajstić information content (AvgIpc) is 3.01. The number of likely N-dealkylation sites (N-methyl/N-ethyl adjacent to an activating group) is 1. The molecule has 2 amide bonds. The molecule has 0 bridgehead atoms. The quantitative estimate of drug-likeness (QED) is 0.840. The molecule has 0 aliphatic carbocycles. The lowest BCUT2D eigenvalue weighted by Crippen LogP contribution is -2.54. The molecule has 0 radical (unpaired) electrons. The first-order valence-electron chi connectivity index (χ1n) is 8.80. The number of hydrogen-bond donors (Lipinski definition) is 1. The van der Waals surface area contributed by atoms with E-state index < -0.39 is 0 Å². The molecule has 0 aromatic carbocycles. The smallest absolute Gasteiger partial charge is 0.239 e. The highest BCUT2D eigenvalue weighted by molar-refractivity contribution is 5.85. The van der Waals surface area contributed by atoms with Gasteiger partial charge in [-0.1, -0.05) is 13.8 Å². The Morgan fingerprint density at radius 1 is 1.09 bits per heavy atom. The van der Waals surface area contributed by atoms with E-state index >= 15 is 0 Å². The van der Waals surface area contributed by atoms with Crippen molar-refractivity contribution in [3.05, 3.63) is 0 Å². The Bertz CT molecular complexity index is 391. The molecule has 1 N–H and O–H groups in total. The Labute approximate surface area is 134 Å². The third-order valence-electron chi connectivity index (χ3n) is 4.89. The van der Waals surface area contributed by atoms with Crippen molar-refractivity contribution >= 4 is 11.8 Å². The summed E-state index contributed by atoms with van der Waals surface area (Å²) in [6.07, 6.45) is 6.17. The maximum Gasteiger partial charge on any atom is 0.239 e. The van der Waals surface area contributed by atoms with Gasteiger partial charge >= 0.3 is 0 Å². The Morgan fingerprint density at radius 2 is 1.77 bits per heavy atom. The number of nitrogens with zero attached hydrogens (tertiary/aromatic N) is 2. The molecule has 2 saturated heterocycles. The van der Waals surface area contributed by atoms with E-state index in [2.05, 4.69) is 24.1 Å². The van der Waals surface area contributed by atoms with Crippen LogP contribution in [0, 0.1) is 5.92 Å². The summed E-state index contributed by atoms with van der Waals surface area (Å²) in [7, 11) is 1.69. The molecule has 2 heterocycles. The Morgan fingerprint density at radius 3 is 2.36 bits per heavy atom. The molecule has 5 heteroatoms. The predicted molar refractivity (Wildman–Crippen MR) is 87.5 cm³/mol. The first-order chi connectivity index (χ1) is 10.5. The van der Waals surface area contributed by atoms with Gasteiger partial charge in [-0.15, -0.1) is 0 Å². The van der Waals surface area contributed by atoms with E-state index in [0.717, 1.165) is 51.7 Å². The highest BCUT2D eigenvalue weighted by Crippen LogP contribution is 2.26. The van der Waals surface area contributed by atoms with Gasteiger partial charge in [-0.25, -0.2) is 0 Å². The fourth-order valence-corrected chi connectivity index (χ4v) is 3.76. The number of carbonyl (C=O) groups is 2. The molecule has 5 nitrogen and oxygen atoms in total. The number of amides is 2. The second-order valence-electron chi connectivity index (χ2n) is 7.04. The summed E-state index contributed by atoms with van der Waals surface area (Å²) >= 11 is 0. The zero-order chi connectivity index (χ0) is 16.1. The summed E-state index contributed by atoms with van der Waals surface area (Å²) in [5, 5.41) is 2.78. The van der Waals surface area contributed by atoms with E-state index in [1.165, 1.54) is 6.42 Å². The minimum Gasteiger partial charge on any atom is -0.358 e. The zero-order valence-electron chi connectivity index (χ0n) is 14.3. The van der Waals surface area contributed by atoms with Gasteiger partial charge in [0.25, 0.3) is 0 Å². The van der Waals surface area contributed by atoms with Crippen LogP contribution in [0.1, 0.15) is 52.4 Å². The summed E-state index contributed by atoms with van der Waals surface area (Å²) in [6, 6.07) is -0.273. The number of hydrogen-bond acceptors (Lipinski definition) is 3. The van der Waals surface area contributed by atoms with Crippen molar-refractivity contribution in [2.24, 2.45) is 5.92 Å². The molecule has 0 saturated carbocycles. The van der Waals surface area contributed by atoms with Gasteiger partial charge in [0.2, 0.25) is 11.8 Å². The SMILES string of the molecule is CNC(=O)C(CC(C)C)N1CCCC1C(=O)N1CCCCC1. The lowest BCUT2D eigenvalue weighted by Gasteiger charge is -2.36. The van der Waals surface area contributed by atoms with E-state index in [1.807, 2.05) is 4.90 Å². The van der Waals surface area contributed by atoms with Gasteiger partial charge in [-0.2, -0.15) is 0 Å². The molecule has 22 heavy (non-hydrogen) atoms. The van der Waals surface area contributed by atoms with E-state index in [4.69, 9.17) is 0 Å². The number of rotatable bonds is 5. The fourth-order valence-electron chi connectivity index (χ4n) is 3.76. The molecule has 0 aromatic rings. The molecule has 0 spiro atoms. The Balaban J connectivity index is 2.09. The van der Waals surface area contributed by atoms with E-state index in [9.17, 15) is 9.59 Å². The van der Waals surface area contributed by atoms with Crippen molar-refractivity contribution in [3.8, 4) is 0 Å². The summed E-state index contributed by atoms with van der Waals surface area (Å²) in [4.78, 5) is 29.3. The average molecular weight is 309 g/mol. The summed E-state index contributed by atoms with van der Waals surface area (Å²) in [6.45, 7) is 6.89. The maximum absolute atomic E-state index is 12.9. The predicted octanol–water partition coefficient (Wildman–Crippen LogP) is 1.62. The highest BCUT2D eigenvalue weighted by Gasteiger charge is 2.40. The lowest BCUT2D eigenvalue weighted by molar-refractivity contribution is -0.139. The van der Waals surface area contributed by atoms with Crippen LogP contribution in [-0.4, -0.2) is 60.4 Å². The van der Waals surface area contributed by atoms with Crippen molar-refractivity contribution in [3.63, 3.8) is 0 Å². The van der Waals surface area contributed by atoms with Gasteiger partial charge in [-0.3, -0.25) is 14.5 Å². The van der Waals surface area contributed by atoms with Crippen LogP contribution in [0.5, 0.6) is 0 Å². The van der Waals surface area contributed by atoms with Crippen LogP contribution in [0.4, 0.5) is 0 Å². The molecule has 2 aliphatic heterocycles. The number of carbonyl (C=O) groups excluding carboxylic acids is 2. The second-order valence-corrected chi connectivity index (χ2v) is 7.04. The monoisotopic (exact) mass is 309 g/mol. The third-order valence-corrected chi connectivity index (χ3v) is 4.89. The zero-order valence-corrected chi connectivity index (χ0v) is 14.3. The molecular weight excluding hydrogens is 278 g/mol. The normalized spacial score (nSPS) is 24.5. The molecule has 2 unspecified atom stereocenters. The second kappa shape index (κ2) is 7.95. The van der Waals surface area contributed by atoms with Gasteiger partial charge < -0.3 is 10.2 Å². The van der Waals surface area contributed by atoms with Crippen LogP contribution in [0.25, 0.3) is 0 Å². The number of nitrogens with one attached hydrogen (secondary N) is 1. The fraction of sp³-hybridized carbons (Fsp3) is 0.882. The standard InChI is InChI=1S/C17H31N3O2/c1-13(2)12-15(16(21)18-3)20-11-7-8-14(20)17(22)19-9-5-4-6-10-19/h13-15H,4-12H2,1-3H3,(H,18,21). The molecule has 2 fully saturated rings. The molecular formula is C17H31N3O2. The van der Waals surface area contributed by atoms with Crippen LogP contribution in [0.15, 0.2) is 0 Å². The Hall–Kier alpha value is -1.10. The molecule has 126 valence electrons. The van der Waals surface area contributed by atoms with Crippen LogP contribution >= 0.6 is 0 Å². The van der Waals surface area contributed by atoms with Crippen molar-refractivity contribution in [2.75, 3.05) is 26.7 Å².